The molecule has 1 atom stereocenters. The predicted octanol–water partition coefficient (Wildman–Crippen LogP) is 9.59. The normalized spacial score (nSPS) is 12.7. The topological polar surface area (TPSA) is 82.0 Å². The van der Waals surface area contributed by atoms with Crippen LogP contribution in [0.1, 0.15) is 37.4 Å². The van der Waals surface area contributed by atoms with E-state index in [0.717, 1.165) is 48.5 Å². The summed E-state index contributed by atoms with van der Waals surface area (Å²) >= 11 is 24.0. The van der Waals surface area contributed by atoms with Gasteiger partial charge in [0.25, 0.3) is 17.5 Å². The highest BCUT2D eigenvalue weighted by molar-refractivity contribution is 6.40. The summed E-state index contributed by atoms with van der Waals surface area (Å²) in [5.41, 5.74) is -6.47. The lowest BCUT2D eigenvalue weighted by Crippen LogP contribution is -2.39. The van der Waals surface area contributed by atoms with E-state index < -0.39 is 50.6 Å². The molecule has 0 aliphatic carbocycles. The van der Waals surface area contributed by atoms with Crippen molar-refractivity contribution in [1.29, 1.82) is 5.26 Å². The van der Waals surface area contributed by atoms with Crippen molar-refractivity contribution in [1.82, 2.24) is 0 Å². The lowest BCUT2D eigenvalue weighted by molar-refractivity contribution is -0.219. The molecule has 0 heterocycles. The Morgan fingerprint density at radius 1 is 0.721 bits per heavy atom. The summed E-state index contributed by atoms with van der Waals surface area (Å²) in [6.45, 7) is 0. The van der Waals surface area contributed by atoms with Crippen LogP contribution in [-0.4, -0.2) is 18.0 Å². The molecule has 0 aliphatic heterocycles. The van der Waals surface area contributed by atoms with E-state index in [-0.39, 0.29) is 38.1 Å². The predicted molar refractivity (Wildman–Crippen MR) is 154 cm³/mol. The van der Waals surface area contributed by atoms with Crippen LogP contribution in [0.5, 0.6) is 0 Å². The van der Waals surface area contributed by atoms with Crippen LogP contribution in [0.2, 0.25) is 20.1 Å². The average Bonchev–Trinajstić information content (AvgIpc) is 2.94. The van der Waals surface area contributed by atoms with Crippen molar-refractivity contribution >= 4 is 69.6 Å². The lowest BCUT2D eigenvalue weighted by atomic mass is 9.87. The maximum Gasteiger partial charge on any atom is 0.431 e. The number of hydrogen-bond acceptors (Lipinski definition) is 3. The van der Waals surface area contributed by atoms with Crippen molar-refractivity contribution in [2.24, 2.45) is 0 Å². The SMILES string of the molecule is N#Cc1ccc(C(=O)Nc2c(Cl)cc(C(F)(c3ccc(Cl)cc3)C(F)(F)F)cc2Cl)cc1NC(=O)c1ccc(F)cc1Cl. The Morgan fingerprint density at radius 3 is 1.91 bits per heavy atom. The number of anilines is 2. The van der Waals surface area contributed by atoms with Gasteiger partial charge in [-0.25, -0.2) is 8.78 Å². The second-order valence-electron chi connectivity index (χ2n) is 8.88. The second-order valence-corrected chi connectivity index (χ2v) is 10.5. The third kappa shape index (κ3) is 6.55. The van der Waals surface area contributed by atoms with Gasteiger partial charge in [0.1, 0.15) is 11.9 Å². The molecule has 4 aromatic carbocycles. The van der Waals surface area contributed by atoms with Crippen molar-refractivity contribution in [2.75, 3.05) is 10.6 Å². The minimum Gasteiger partial charge on any atom is -0.321 e. The zero-order valence-electron chi connectivity index (χ0n) is 21.1. The highest BCUT2D eigenvalue weighted by atomic mass is 35.5. The number of nitriles is 1. The van der Waals surface area contributed by atoms with Crippen molar-refractivity contribution in [2.45, 2.75) is 11.8 Å². The molecule has 4 aromatic rings. The van der Waals surface area contributed by atoms with E-state index in [4.69, 9.17) is 46.4 Å². The van der Waals surface area contributed by atoms with E-state index in [9.17, 15) is 32.4 Å². The van der Waals surface area contributed by atoms with Crippen LogP contribution in [0.3, 0.4) is 0 Å². The van der Waals surface area contributed by atoms with Gasteiger partial charge in [0.2, 0.25) is 0 Å². The molecule has 1 unspecified atom stereocenters. The van der Waals surface area contributed by atoms with E-state index in [0.29, 0.717) is 12.1 Å². The summed E-state index contributed by atoms with van der Waals surface area (Å²) < 4.78 is 71.4. The molecule has 14 heteroatoms. The Bertz CT molecular complexity index is 1770. The van der Waals surface area contributed by atoms with E-state index in [1.54, 1.807) is 0 Å². The quantitative estimate of drug-likeness (QED) is 0.200. The van der Waals surface area contributed by atoms with Gasteiger partial charge in [-0.15, -0.1) is 0 Å². The van der Waals surface area contributed by atoms with Gasteiger partial charge in [-0.3, -0.25) is 9.59 Å². The molecule has 0 bridgehead atoms. The summed E-state index contributed by atoms with van der Waals surface area (Å²) in [4.78, 5) is 25.8. The number of halogens is 9. The standard InChI is InChI=1S/C29H14Cl4F5N3O2/c30-18-5-3-16(4-6-18)28(35,29(36,37)38)17-10-22(32)25(23(33)11-17)41-26(42)14-1-2-15(13-39)24(9-14)40-27(43)20-8-7-19(34)12-21(20)31/h1-12H,(H,40,43)(H,41,42). The molecule has 0 aromatic heterocycles. The molecule has 0 fully saturated rings. The Labute approximate surface area is 260 Å². The fraction of sp³-hybridized carbons (Fsp3) is 0.0690. The molecule has 5 nitrogen and oxygen atoms in total. The summed E-state index contributed by atoms with van der Waals surface area (Å²) in [6, 6.07) is 13.8. The van der Waals surface area contributed by atoms with Gasteiger partial charge < -0.3 is 10.6 Å². The molecular formula is C29H14Cl4F5N3O2. The maximum absolute atomic E-state index is 15.8. The molecule has 0 radical (unpaired) electrons. The molecule has 4 rings (SSSR count). The molecule has 0 aliphatic rings. The fourth-order valence-corrected chi connectivity index (χ4v) is 4.96. The third-order valence-electron chi connectivity index (χ3n) is 6.14. The fourth-order valence-electron chi connectivity index (χ4n) is 4.00. The van der Waals surface area contributed by atoms with Crippen LogP contribution in [0.4, 0.5) is 33.3 Å². The first kappa shape index (κ1) is 32.0. The molecule has 0 saturated heterocycles. The van der Waals surface area contributed by atoms with E-state index in [1.807, 2.05) is 6.07 Å². The molecule has 0 spiro atoms. The number of rotatable bonds is 6. The summed E-state index contributed by atoms with van der Waals surface area (Å²) in [5, 5.41) is 13.1. The monoisotopic (exact) mass is 671 g/mol. The molecule has 43 heavy (non-hydrogen) atoms. The molecule has 220 valence electrons. The second kappa shape index (κ2) is 12.4. The van der Waals surface area contributed by atoms with E-state index >= 15 is 4.39 Å². The first-order chi connectivity index (χ1) is 20.1. The van der Waals surface area contributed by atoms with Crippen LogP contribution in [0.15, 0.2) is 72.8 Å². The highest BCUT2D eigenvalue weighted by Crippen LogP contribution is 2.50. The summed E-state index contributed by atoms with van der Waals surface area (Å²) in [7, 11) is 0. The largest absolute Gasteiger partial charge is 0.431 e. The van der Waals surface area contributed by atoms with Crippen molar-refractivity contribution in [3.63, 3.8) is 0 Å². The lowest BCUT2D eigenvalue weighted by Gasteiger charge is -2.29. The van der Waals surface area contributed by atoms with Crippen molar-refractivity contribution in [3.05, 3.63) is 127 Å². The van der Waals surface area contributed by atoms with Crippen molar-refractivity contribution < 1.29 is 31.5 Å². The highest BCUT2D eigenvalue weighted by Gasteiger charge is 2.58. The summed E-state index contributed by atoms with van der Waals surface area (Å²) in [6.07, 6.45) is -5.43. The minimum absolute atomic E-state index is 0.0443. The Morgan fingerprint density at radius 2 is 1.35 bits per heavy atom. The van der Waals surface area contributed by atoms with Gasteiger partial charge in [0.05, 0.1) is 37.6 Å². The first-order valence-corrected chi connectivity index (χ1v) is 13.3. The van der Waals surface area contributed by atoms with Gasteiger partial charge >= 0.3 is 6.18 Å². The van der Waals surface area contributed by atoms with Gasteiger partial charge in [-0.2, -0.15) is 18.4 Å². The van der Waals surface area contributed by atoms with Crippen molar-refractivity contribution in [3.8, 4) is 6.07 Å². The first-order valence-electron chi connectivity index (χ1n) is 11.8. The zero-order chi connectivity index (χ0) is 31.7. The van der Waals surface area contributed by atoms with Gasteiger partial charge in [0.15, 0.2) is 0 Å². The number of hydrogen-bond donors (Lipinski definition) is 2. The number of nitrogens with one attached hydrogen (secondary N) is 2. The van der Waals surface area contributed by atoms with Crippen LogP contribution in [0.25, 0.3) is 0 Å². The number of amides is 2. The Kier molecular flexibility index (Phi) is 9.23. The number of carbonyl (C=O) groups is 2. The van der Waals surface area contributed by atoms with E-state index in [2.05, 4.69) is 10.6 Å². The van der Waals surface area contributed by atoms with Crippen LogP contribution in [0, 0.1) is 17.1 Å². The van der Waals surface area contributed by atoms with Gasteiger partial charge in [-0.1, -0.05) is 58.5 Å². The van der Waals surface area contributed by atoms with E-state index in [1.165, 1.54) is 12.1 Å². The molecular weight excluding hydrogens is 659 g/mol. The Hall–Kier alpha value is -3.88. The van der Waals surface area contributed by atoms with Gasteiger partial charge in [0, 0.05) is 21.7 Å². The summed E-state index contributed by atoms with van der Waals surface area (Å²) in [5.74, 6) is -2.37. The molecule has 2 amide bonds. The number of alkyl halides is 4. The third-order valence-corrected chi connectivity index (χ3v) is 7.30. The average molecular weight is 673 g/mol. The van der Waals surface area contributed by atoms with Crippen LogP contribution in [-0.2, 0) is 5.67 Å². The number of nitrogens with zero attached hydrogens (tertiary/aromatic N) is 1. The number of benzene rings is 4. The molecule has 2 N–H and O–H groups in total. The number of carbonyl (C=O) groups excluding carboxylic acids is 2. The minimum atomic E-state index is -5.43. The van der Waals surface area contributed by atoms with Crippen LogP contribution < -0.4 is 10.6 Å². The van der Waals surface area contributed by atoms with Gasteiger partial charge in [-0.05, 0) is 60.7 Å². The molecule has 0 saturated carbocycles. The maximum atomic E-state index is 15.8. The zero-order valence-corrected chi connectivity index (χ0v) is 24.1. The van der Waals surface area contributed by atoms with Crippen LogP contribution >= 0.6 is 46.4 Å². The smallest absolute Gasteiger partial charge is 0.321 e. The Balaban J connectivity index is 1.65.